The third-order valence-electron chi connectivity index (χ3n) is 4.17. The van der Waals surface area contributed by atoms with Gasteiger partial charge in [-0.05, 0) is 18.3 Å². The zero-order valence-corrected chi connectivity index (χ0v) is 18.4. The quantitative estimate of drug-likeness (QED) is 0.174. The fourth-order valence-corrected chi connectivity index (χ4v) is 2.64. The van der Waals surface area contributed by atoms with Crippen LogP contribution < -0.4 is 21.7 Å². The SMILES string of the molecule is CC(C)CC(NC(=O)C(CC(=O)O)NC(=O)C(N)C(C)C)C(=O)NC(CS)C(=O)O. The molecule has 0 aliphatic carbocycles. The number of thiol groups is 1. The Labute approximate surface area is 180 Å². The predicted octanol–water partition coefficient (Wildman–Crippen LogP) is -1.04. The van der Waals surface area contributed by atoms with Crippen LogP contribution in [0.15, 0.2) is 0 Å². The number of carboxylic acid groups (broad SMARTS) is 2. The minimum Gasteiger partial charge on any atom is -0.481 e. The van der Waals surface area contributed by atoms with Gasteiger partial charge in [0.1, 0.15) is 18.1 Å². The number of rotatable bonds is 13. The number of aliphatic carboxylic acids is 2. The molecule has 0 saturated carbocycles. The van der Waals surface area contributed by atoms with E-state index in [4.69, 9.17) is 15.9 Å². The molecule has 4 unspecified atom stereocenters. The van der Waals surface area contributed by atoms with E-state index in [0.717, 1.165) is 0 Å². The van der Waals surface area contributed by atoms with E-state index < -0.39 is 60.2 Å². The number of amides is 3. The van der Waals surface area contributed by atoms with Crippen LogP contribution in [-0.4, -0.2) is 69.8 Å². The summed E-state index contributed by atoms with van der Waals surface area (Å²) in [6.07, 6.45) is -0.553. The summed E-state index contributed by atoms with van der Waals surface area (Å²) in [6.45, 7) is 6.97. The highest BCUT2D eigenvalue weighted by Gasteiger charge is 2.31. The largest absolute Gasteiger partial charge is 0.481 e. The highest BCUT2D eigenvalue weighted by Crippen LogP contribution is 2.08. The zero-order chi connectivity index (χ0) is 23.6. The van der Waals surface area contributed by atoms with Gasteiger partial charge in [-0.25, -0.2) is 4.79 Å². The molecule has 11 nitrogen and oxygen atoms in total. The van der Waals surface area contributed by atoms with Crippen molar-refractivity contribution in [3.8, 4) is 0 Å². The maximum Gasteiger partial charge on any atom is 0.327 e. The van der Waals surface area contributed by atoms with Gasteiger partial charge in [-0.15, -0.1) is 0 Å². The van der Waals surface area contributed by atoms with E-state index in [9.17, 15) is 24.0 Å². The van der Waals surface area contributed by atoms with Crippen molar-refractivity contribution in [2.24, 2.45) is 17.6 Å². The van der Waals surface area contributed by atoms with E-state index in [-0.39, 0.29) is 24.0 Å². The molecule has 0 aromatic carbocycles. The maximum absolute atomic E-state index is 12.7. The van der Waals surface area contributed by atoms with E-state index >= 15 is 0 Å². The summed E-state index contributed by atoms with van der Waals surface area (Å²) in [5.41, 5.74) is 5.73. The van der Waals surface area contributed by atoms with E-state index in [1.54, 1.807) is 27.7 Å². The molecular weight excluding hydrogens is 416 g/mol. The summed E-state index contributed by atoms with van der Waals surface area (Å²) in [6, 6.07) is -4.80. The molecule has 0 heterocycles. The molecule has 4 atom stereocenters. The fraction of sp³-hybridized carbons (Fsp3) is 0.722. The van der Waals surface area contributed by atoms with E-state index in [2.05, 4.69) is 28.6 Å². The molecule has 0 bridgehead atoms. The monoisotopic (exact) mass is 448 g/mol. The molecular formula is C18H32N4O7S. The molecule has 7 N–H and O–H groups in total. The van der Waals surface area contributed by atoms with E-state index in [0.29, 0.717) is 0 Å². The van der Waals surface area contributed by atoms with Crippen LogP contribution in [0.3, 0.4) is 0 Å². The Hall–Kier alpha value is -2.34. The number of nitrogens with one attached hydrogen (secondary N) is 3. The van der Waals surface area contributed by atoms with Gasteiger partial charge < -0.3 is 31.9 Å². The van der Waals surface area contributed by atoms with Crippen molar-refractivity contribution < 1.29 is 34.2 Å². The van der Waals surface area contributed by atoms with Gasteiger partial charge in [-0.2, -0.15) is 12.6 Å². The van der Waals surface area contributed by atoms with Gasteiger partial charge in [-0.3, -0.25) is 19.2 Å². The van der Waals surface area contributed by atoms with Gasteiger partial charge in [0, 0.05) is 5.75 Å². The van der Waals surface area contributed by atoms with Crippen molar-refractivity contribution in [2.45, 2.75) is 64.7 Å². The van der Waals surface area contributed by atoms with E-state index in [1.165, 1.54) is 0 Å². The number of carboxylic acids is 2. The van der Waals surface area contributed by atoms with Crippen LogP contribution in [0, 0.1) is 11.8 Å². The van der Waals surface area contributed by atoms with Crippen molar-refractivity contribution in [1.82, 2.24) is 16.0 Å². The molecule has 0 aromatic rings. The third kappa shape index (κ3) is 9.92. The van der Waals surface area contributed by atoms with Gasteiger partial charge in [0.05, 0.1) is 12.5 Å². The average molecular weight is 449 g/mol. The van der Waals surface area contributed by atoms with Crippen LogP contribution in [0.1, 0.15) is 40.5 Å². The molecule has 0 fully saturated rings. The minimum atomic E-state index is -1.46. The second-order valence-corrected chi connectivity index (χ2v) is 8.07. The first-order chi connectivity index (χ1) is 13.8. The predicted molar refractivity (Wildman–Crippen MR) is 112 cm³/mol. The lowest BCUT2D eigenvalue weighted by atomic mass is 10.0. The Kier molecular flexibility index (Phi) is 12.0. The van der Waals surface area contributed by atoms with Crippen LogP contribution >= 0.6 is 12.6 Å². The number of hydrogen-bond donors (Lipinski definition) is 7. The van der Waals surface area contributed by atoms with Gasteiger partial charge in [-0.1, -0.05) is 27.7 Å². The molecule has 0 aromatic heterocycles. The molecule has 172 valence electrons. The molecule has 12 heteroatoms. The van der Waals surface area contributed by atoms with Gasteiger partial charge in [0.15, 0.2) is 0 Å². The first-order valence-electron chi connectivity index (χ1n) is 9.52. The molecule has 0 rings (SSSR count). The molecule has 0 aliphatic rings. The average Bonchev–Trinajstić information content (AvgIpc) is 2.62. The first kappa shape index (κ1) is 27.7. The Balaban J connectivity index is 5.45. The van der Waals surface area contributed by atoms with Crippen molar-refractivity contribution in [3.05, 3.63) is 0 Å². The summed E-state index contributed by atoms with van der Waals surface area (Å²) in [5, 5.41) is 25.1. The number of carbonyl (C=O) groups is 5. The normalized spacial score (nSPS) is 15.1. The van der Waals surface area contributed by atoms with Gasteiger partial charge in [0.25, 0.3) is 0 Å². The summed E-state index contributed by atoms with van der Waals surface area (Å²) in [7, 11) is 0. The van der Waals surface area contributed by atoms with Crippen LogP contribution in [0.25, 0.3) is 0 Å². The molecule has 3 amide bonds. The smallest absolute Gasteiger partial charge is 0.327 e. The molecule has 0 aliphatic heterocycles. The third-order valence-corrected chi connectivity index (χ3v) is 4.54. The second kappa shape index (κ2) is 13.1. The molecule has 0 radical (unpaired) electrons. The Morgan fingerprint density at radius 1 is 0.833 bits per heavy atom. The van der Waals surface area contributed by atoms with Gasteiger partial charge >= 0.3 is 11.9 Å². The Bertz CT molecular complexity index is 642. The van der Waals surface area contributed by atoms with Crippen LogP contribution in [0.4, 0.5) is 0 Å². The van der Waals surface area contributed by atoms with Gasteiger partial charge in [0.2, 0.25) is 17.7 Å². The topological polar surface area (TPSA) is 188 Å². The van der Waals surface area contributed by atoms with Crippen LogP contribution in [0.2, 0.25) is 0 Å². The lowest BCUT2D eigenvalue weighted by Crippen LogP contribution is -2.58. The Morgan fingerprint density at radius 2 is 1.30 bits per heavy atom. The van der Waals surface area contributed by atoms with E-state index in [1.807, 2.05) is 0 Å². The fourth-order valence-electron chi connectivity index (χ4n) is 2.39. The first-order valence-corrected chi connectivity index (χ1v) is 10.1. The van der Waals surface area contributed by atoms with Crippen molar-refractivity contribution in [2.75, 3.05) is 5.75 Å². The second-order valence-electron chi connectivity index (χ2n) is 7.70. The number of hydrogen-bond acceptors (Lipinski definition) is 7. The number of carbonyl (C=O) groups excluding carboxylic acids is 3. The zero-order valence-electron chi connectivity index (χ0n) is 17.5. The summed E-state index contributed by atoms with van der Waals surface area (Å²) in [5.74, 6) is -5.41. The lowest BCUT2D eigenvalue weighted by molar-refractivity contribution is -0.143. The van der Waals surface area contributed by atoms with Crippen molar-refractivity contribution >= 4 is 42.3 Å². The molecule has 30 heavy (non-hydrogen) atoms. The molecule has 0 saturated heterocycles. The Morgan fingerprint density at radius 3 is 1.70 bits per heavy atom. The maximum atomic E-state index is 12.7. The standard InChI is InChI=1S/C18H32N4O7S/c1-8(2)5-10(15(25)22-12(7-30)18(28)29)20-16(26)11(6-13(23)24)21-17(27)14(19)9(3)4/h8-12,14,30H,5-7,19H2,1-4H3,(H,20,26)(H,21,27)(H,22,25)(H,23,24)(H,28,29). The summed E-state index contributed by atoms with van der Waals surface area (Å²) in [4.78, 5) is 59.6. The molecule has 0 spiro atoms. The minimum absolute atomic E-state index is 0.0535. The lowest BCUT2D eigenvalue weighted by Gasteiger charge is -2.25. The summed E-state index contributed by atoms with van der Waals surface area (Å²) < 4.78 is 0. The number of nitrogens with two attached hydrogens (primary N) is 1. The highest BCUT2D eigenvalue weighted by molar-refractivity contribution is 7.80. The van der Waals surface area contributed by atoms with Crippen molar-refractivity contribution in [1.29, 1.82) is 0 Å². The highest BCUT2D eigenvalue weighted by atomic mass is 32.1. The van der Waals surface area contributed by atoms with Crippen LogP contribution in [-0.2, 0) is 24.0 Å². The van der Waals surface area contributed by atoms with Crippen LogP contribution in [0.5, 0.6) is 0 Å². The summed E-state index contributed by atoms with van der Waals surface area (Å²) >= 11 is 3.87. The van der Waals surface area contributed by atoms with Crippen molar-refractivity contribution in [3.63, 3.8) is 0 Å².